The fourth-order valence-corrected chi connectivity index (χ4v) is 1.87. The van der Waals surface area contributed by atoms with Crippen molar-refractivity contribution in [3.05, 3.63) is 65.2 Å². The molecule has 20 heavy (non-hydrogen) atoms. The number of phenolic OH excluding ortho intramolecular Hbond substituents is 1. The van der Waals surface area contributed by atoms with E-state index in [-0.39, 0.29) is 16.9 Å². The molecule has 3 nitrogen and oxygen atoms in total. The molecule has 0 radical (unpaired) electrons. The van der Waals surface area contributed by atoms with E-state index < -0.39 is 23.6 Å². The van der Waals surface area contributed by atoms with Gasteiger partial charge in [-0.05, 0) is 25.1 Å². The molecule has 2 rings (SSSR count). The Morgan fingerprint density at radius 3 is 2.55 bits per heavy atom. The summed E-state index contributed by atoms with van der Waals surface area (Å²) in [5.41, 5.74) is 0.275. The summed E-state index contributed by atoms with van der Waals surface area (Å²) in [6.07, 6.45) is 0. The minimum Gasteiger partial charge on any atom is -0.507 e. The van der Waals surface area contributed by atoms with E-state index in [0.717, 1.165) is 12.1 Å². The van der Waals surface area contributed by atoms with Crippen LogP contribution in [0, 0.1) is 11.6 Å². The van der Waals surface area contributed by atoms with Gasteiger partial charge >= 0.3 is 0 Å². The van der Waals surface area contributed by atoms with E-state index in [2.05, 4.69) is 5.32 Å². The monoisotopic (exact) mass is 277 g/mol. The minimum atomic E-state index is -0.727. The van der Waals surface area contributed by atoms with Gasteiger partial charge in [-0.3, -0.25) is 4.79 Å². The first kappa shape index (κ1) is 14.0. The lowest BCUT2D eigenvalue weighted by Crippen LogP contribution is -2.27. The standard InChI is InChI=1S/C15H13F2NO2/c1-9(11-7-6-10(16)8-13(11)17)18-15(20)12-4-2-3-5-14(12)19/h2-9,19H,1H3,(H,18,20). The molecule has 2 N–H and O–H groups in total. The van der Waals surface area contributed by atoms with Crippen LogP contribution in [0.3, 0.4) is 0 Å². The number of benzene rings is 2. The first-order chi connectivity index (χ1) is 9.49. The van der Waals surface area contributed by atoms with Crippen LogP contribution < -0.4 is 5.32 Å². The zero-order valence-corrected chi connectivity index (χ0v) is 10.7. The second kappa shape index (κ2) is 5.69. The van der Waals surface area contributed by atoms with Crippen LogP contribution in [-0.2, 0) is 0 Å². The fraction of sp³-hybridized carbons (Fsp3) is 0.133. The summed E-state index contributed by atoms with van der Waals surface area (Å²) < 4.78 is 26.4. The van der Waals surface area contributed by atoms with Crippen molar-refractivity contribution < 1.29 is 18.7 Å². The molecular formula is C15H13F2NO2. The molecule has 0 heterocycles. The Labute approximate surface area is 114 Å². The molecule has 0 saturated heterocycles. The summed E-state index contributed by atoms with van der Waals surface area (Å²) >= 11 is 0. The van der Waals surface area contributed by atoms with Crippen molar-refractivity contribution in [1.29, 1.82) is 0 Å². The molecule has 0 aliphatic heterocycles. The highest BCUT2D eigenvalue weighted by Gasteiger charge is 2.17. The van der Waals surface area contributed by atoms with Gasteiger partial charge in [0.15, 0.2) is 0 Å². The Morgan fingerprint density at radius 2 is 1.90 bits per heavy atom. The van der Waals surface area contributed by atoms with Crippen molar-refractivity contribution in [3.63, 3.8) is 0 Å². The minimum absolute atomic E-state index is 0.0990. The van der Waals surface area contributed by atoms with Crippen LogP contribution in [0.25, 0.3) is 0 Å². The number of nitrogens with one attached hydrogen (secondary N) is 1. The van der Waals surface area contributed by atoms with Gasteiger partial charge in [-0.2, -0.15) is 0 Å². The Kier molecular flexibility index (Phi) is 3.98. The van der Waals surface area contributed by atoms with E-state index in [4.69, 9.17) is 0 Å². The summed E-state index contributed by atoms with van der Waals surface area (Å²) in [7, 11) is 0. The Morgan fingerprint density at radius 1 is 1.20 bits per heavy atom. The molecule has 104 valence electrons. The average Bonchev–Trinajstić information content (AvgIpc) is 2.38. The van der Waals surface area contributed by atoms with E-state index in [9.17, 15) is 18.7 Å². The maximum absolute atomic E-state index is 13.6. The van der Waals surface area contributed by atoms with Crippen molar-refractivity contribution in [2.24, 2.45) is 0 Å². The highest BCUT2D eigenvalue weighted by atomic mass is 19.1. The maximum atomic E-state index is 13.6. The van der Waals surface area contributed by atoms with E-state index >= 15 is 0 Å². The molecule has 2 aromatic rings. The normalized spacial score (nSPS) is 11.9. The van der Waals surface area contributed by atoms with Crippen LogP contribution in [-0.4, -0.2) is 11.0 Å². The average molecular weight is 277 g/mol. The van der Waals surface area contributed by atoms with Crippen LogP contribution in [0.1, 0.15) is 28.9 Å². The quantitative estimate of drug-likeness (QED) is 0.905. The summed E-state index contributed by atoms with van der Waals surface area (Å²) in [5, 5.41) is 12.1. The second-order valence-electron chi connectivity index (χ2n) is 4.38. The fourth-order valence-electron chi connectivity index (χ4n) is 1.87. The smallest absolute Gasteiger partial charge is 0.255 e. The molecule has 2 aromatic carbocycles. The molecule has 0 spiro atoms. The zero-order chi connectivity index (χ0) is 14.7. The van der Waals surface area contributed by atoms with Crippen molar-refractivity contribution in [2.45, 2.75) is 13.0 Å². The maximum Gasteiger partial charge on any atom is 0.255 e. The van der Waals surface area contributed by atoms with E-state index in [1.54, 1.807) is 19.1 Å². The lowest BCUT2D eigenvalue weighted by molar-refractivity contribution is 0.0936. The molecule has 0 saturated carbocycles. The van der Waals surface area contributed by atoms with Crippen LogP contribution in [0.4, 0.5) is 8.78 Å². The van der Waals surface area contributed by atoms with Crippen molar-refractivity contribution in [2.75, 3.05) is 0 Å². The molecule has 0 bridgehead atoms. The van der Waals surface area contributed by atoms with Gasteiger partial charge in [-0.25, -0.2) is 8.78 Å². The molecule has 0 aliphatic rings. The van der Waals surface area contributed by atoms with Gasteiger partial charge < -0.3 is 10.4 Å². The molecule has 0 aromatic heterocycles. The number of halogens is 2. The third kappa shape index (κ3) is 2.93. The molecule has 1 amide bonds. The van der Waals surface area contributed by atoms with Crippen LogP contribution in [0.5, 0.6) is 5.75 Å². The van der Waals surface area contributed by atoms with Gasteiger partial charge in [0.2, 0.25) is 0 Å². The molecule has 1 unspecified atom stereocenters. The Balaban J connectivity index is 2.17. The van der Waals surface area contributed by atoms with Crippen molar-refractivity contribution >= 4 is 5.91 Å². The third-order valence-corrected chi connectivity index (χ3v) is 2.93. The summed E-state index contributed by atoms with van der Waals surface area (Å²) in [6, 6.07) is 8.56. The van der Waals surface area contributed by atoms with Gasteiger partial charge in [0.25, 0.3) is 5.91 Å². The lowest BCUT2D eigenvalue weighted by Gasteiger charge is -2.15. The number of hydrogen-bond acceptors (Lipinski definition) is 2. The van der Waals surface area contributed by atoms with Crippen molar-refractivity contribution in [1.82, 2.24) is 5.32 Å². The molecule has 5 heteroatoms. The number of para-hydroxylation sites is 1. The Hall–Kier alpha value is -2.43. The van der Waals surface area contributed by atoms with Gasteiger partial charge in [0.05, 0.1) is 11.6 Å². The number of carbonyl (C=O) groups is 1. The van der Waals surface area contributed by atoms with Crippen LogP contribution in [0.15, 0.2) is 42.5 Å². The number of hydrogen-bond donors (Lipinski definition) is 2. The topological polar surface area (TPSA) is 49.3 Å². The lowest BCUT2D eigenvalue weighted by atomic mass is 10.1. The highest BCUT2D eigenvalue weighted by Crippen LogP contribution is 2.20. The van der Waals surface area contributed by atoms with E-state index in [1.807, 2.05) is 0 Å². The zero-order valence-electron chi connectivity index (χ0n) is 10.7. The van der Waals surface area contributed by atoms with E-state index in [1.165, 1.54) is 18.2 Å². The first-order valence-electron chi connectivity index (χ1n) is 6.03. The molecule has 1 atom stereocenters. The number of carbonyl (C=O) groups excluding carboxylic acids is 1. The van der Waals surface area contributed by atoms with Gasteiger partial charge in [-0.1, -0.05) is 18.2 Å². The number of amides is 1. The largest absolute Gasteiger partial charge is 0.507 e. The van der Waals surface area contributed by atoms with Crippen LogP contribution >= 0.6 is 0 Å². The van der Waals surface area contributed by atoms with Gasteiger partial charge in [0, 0.05) is 11.6 Å². The number of rotatable bonds is 3. The number of phenols is 1. The predicted octanol–water partition coefficient (Wildman–Crippen LogP) is 3.16. The van der Waals surface area contributed by atoms with E-state index in [0.29, 0.717) is 0 Å². The van der Waals surface area contributed by atoms with Gasteiger partial charge in [0.1, 0.15) is 17.4 Å². The predicted molar refractivity (Wildman–Crippen MR) is 70.3 cm³/mol. The highest BCUT2D eigenvalue weighted by molar-refractivity contribution is 5.96. The molecule has 0 aliphatic carbocycles. The van der Waals surface area contributed by atoms with Gasteiger partial charge in [-0.15, -0.1) is 0 Å². The Bertz CT molecular complexity index is 644. The molecule has 0 fully saturated rings. The summed E-state index contributed by atoms with van der Waals surface area (Å²) in [5.74, 6) is -2.09. The summed E-state index contributed by atoms with van der Waals surface area (Å²) in [4.78, 5) is 12.0. The second-order valence-corrected chi connectivity index (χ2v) is 4.38. The first-order valence-corrected chi connectivity index (χ1v) is 6.03. The number of aromatic hydroxyl groups is 1. The SMILES string of the molecule is CC(NC(=O)c1ccccc1O)c1ccc(F)cc1F. The molecular weight excluding hydrogens is 264 g/mol. The van der Waals surface area contributed by atoms with Crippen molar-refractivity contribution in [3.8, 4) is 5.75 Å². The third-order valence-electron chi connectivity index (χ3n) is 2.93. The van der Waals surface area contributed by atoms with Crippen LogP contribution in [0.2, 0.25) is 0 Å². The summed E-state index contributed by atoms with van der Waals surface area (Å²) in [6.45, 7) is 1.58.